The van der Waals surface area contributed by atoms with E-state index in [2.05, 4.69) is 10.1 Å². The highest BCUT2D eigenvalue weighted by Gasteiger charge is 2.31. The molecule has 0 saturated carbocycles. The molecule has 1 aromatic carbocycles. The van der Waals surface area contributed by atoms with E-state index in [0.29, 0.717) is 29.0 Å². The predicted molar refractivity (Wildman–Crippen MR) is 104 cm³/mol. The molecule has 0 spiro atoms. The molecule has 1 aliphatic heterocycles. The molecule has 27 heavy (non-hydrogen) atoms. The number of nitrogen functional groups attached to an aromatic ring is 1. The number of hydrogen-bond acceptors (Lipinski definition) is 4. The minimum atomic E-state index is -0.167. The maximum absolute atomic E-state index is 13.1. The number of hydrogen-bond donors (Lipinski definition) is 2. The third-order valence-corrected chi connectivity index (χ3v) is 5.42. The van der Waals surface area contributed by atoms with Crippen LogP contribution in [-0.4, -0.2) is 31.9 Å². The molecule has 1 atom stereocenters. The van der Waals surface area contributed by atoms with Crippen molar-refractivity contribution < 1.29 is 4.79 Å². The van der Waals surface area contributed by atoms with Crippen LogP contribution in [0, 0.1) is 13.8 Å². The SMILES string of the molecule is Cc1[nH]c2cc([C@@H]3CCCCN3C(=O)c3ccccc3N)nn2c(=O)c1C. The maximum Gasteiger partial charge on any atom is 0.277 e. The molecule has 0 radical (unpaired) electrons. The molecule has 0 bridgehead atoms. The number of nitrogens with one attached hydrogen (secondary N) is 1. The summed E-state index contributed by atoms with van der Waals surface area (Å²) in [5.74, 6) is -0.0893. The number of carbonyl (C=O) groups is 1. The molecule has 3 heterocycles. The van der Waals surface area contributed by atoms with E-state index in [1.165, 1.54) is 4.52 Å². The fourth-order valence-corrected chi connectivity index (χ4v) is 3.74. The average molecular weight is 365 g/mol. The lowest BCUT2D eigenvalue weighted by Gasteiger charge is -2.35. The highest BCUT2D eigenvalue weighted by atomic mass is 16.2. The van der Waals surface area contributed by atoms with E-state index in [0.717, 1.165) is 30.7 Å². The number of H-pyrrole nitrogens is 1. The lowest BCUT2D eigenvalue weighted by molar-refractivity contribution is 0.0607. The number of nitrogens with two attached hydrogens (primary N) is 1. The molecule has 7 nitrogen and oxygen atoms in total. The second-order valence-corrected chi connectivity index (χ2v) is 7.14. The van der Waals surface area contributed by atoms with Crippen molar-refractivity contribution in [3.8, 4) is 0 Å². The number of para-hydroxylation sites is 1. The van der Waals surface area contributed by atoms with E-state index < -0.39 is 0 Å². The second kappa shape index (κ2) is 6.57. The van der Waals surface area contributed by atoms with Gasteiger partial charge in [0, 0.05) is 29.6 Å². The Bertz CT molecular complexity index is 1080. The third-order valence-electron chi connectivity index (χ3n) is 5.42. The first kappa shape index (κ1) is 17.3. The summed E-state index contributed by atoms with van der Waals surface area (Å²) >= 11 is 0. The zero-order chi connectivity index (χ0) is 19.1. The van der Waals surface area contributed by atoms with Crippen LogP contribution in [0.1, 0.15) is 52.6 Å². The van der Waals surface area contributed by atoms with Crippen LogP contribution in [0.3, 0.4) is 0 Å². The predicted octanol–water partition coefficient (Wildman–Crippen LogP) is 2.59. The van der Waals surface area contributed by atoms with Crippen molar-refractivity contribution in [1.29, 1.82) is 0 Å². The Morgan fingerprint density at radius 1 is 1.26 bits per heavy atom. The number of nitrogens with zero attached hydrogens (tertiary/aromatic N) is 3. The number of anilines is 1. The molecular weight excluding hydrogens is 342 g/mol. The molecule has 4 rings (SSSR count). The minimum absolute atomic E-state index is 0.0893. The number of fused-ring (bicyclic) bond motifs is 1. The van der Waals surface area contributed by atoms with E-state index in [4.69, 9.17) is 5.73 Å². The quantitative estimate of drug-likeness (QED) is 0.682. The van der Waals surface area contributed by atoms with Gasteiger partial charge in [0.05, 0.1) is 17.3 Å². The van der Waals surface area contributed by atoms with Crippen LogP contribution in [0.25, 0.3) is 5.65 Å². The molecule has 0 aliphatic carbocycles. The number of amides is 1. The number of benzene rings is 1. The first-order valence-electron chi connectivity index (χ1n) is 9.22. The highest BCUT2D eigenvalue weighted by molar-refractivity contribution is 5.99. The smallest absolute Gasteiger partial charge is 0.277 e. The number of rotatable bonds is 2. The number of likely N-dealkylation sites (tertiary alicyclic amines) is 1. The molecule has 2 aromatic heterocycles. The molecule has 1 aliphatic rings. The zero-order valence-corrected chi connectivity index (χ0v) is 15.5. The molecule has 3 aromatic rings. The Morgan fingerprint density at radius 2 is 2.04 bits per heavy atom. The first-order chi connectivity index (χ1) is 13.0. The van der Waals surface area contributed by atoms with Gasteiger partial charge in [0.1, 0.15) is 5.65 Å². The van der Waals surface area contributed by atoms with Crippen molar-refractivity contribution in [2.75, 3.05) is 12.3 Å². The molecule has 3 N–H and O–H groups in total. The normalized spacial score (nSPS) is 17.4. The van der Waals surface area contributed by atoms with Crippen LogP contribution >= 0.6 is 0 Å². The standard InChI is InChI=1S/C20H23N5O2/c1-12-13(2)22-18-11-16(23-25(18)19(12)26)17-9-5-6-10-24(17)20(27)14-7-3-4-8-15(14)21/h3-4,7-8,11,17,22H,5-6,9-10,21H2,1-2H3/t17-/m0/s1. The fraction of sp³-hybridized carbons (Fsp3) is 0.350. The van der Waals surface area contributed by atoms with Gasteiger partial charge in [-0.25, -0.2) is 0 Å². The van der Waals surface area contributed by atoms with Crippen LogP contribution < -0.4 is 11.3 Å². The highest BCUT2D eigenvalue weighted by Crippen LogP contribution is 2.32. The van der Waals surface area contributed by atoms with Gasteiger partial charge in [-0.1, -0.05) is 12.1 Å². The Hall–Kier alpha value is -3.09. The number of aromatic amines is 1. The number of piperidine rings is 1. The van der Waals surface area contributed by atoms with E-state index in [1.807, 2.05) is 30.0 Å². The maximum atomic E-state index is 13.1. The Kier molecular flexibility index (Phi) is 4.22. The van der Waals surface area contributed by atoms with Gasteiger partial charge in [-0.2, -0.15) is 9.61 Å². The van der Waals surface area contributed by atoms with Crippen molar-refractivity contribution in [3.05, 3.63) is 63.2 Å². The van der Waals surface area contributed by atoms with Gasteiger partial charge in [-0.15, -0.1) is 0 Å². The summed E-state index contributed by atoms with van der Waals surface area (Å²) in [4.78, 5) is 30.7. The summed E-state index contributed by atoms with van der Waals surface area (Å²) < 4.78 is 1.39. The Labute approximate surface area is 156 Å². The lowest BCUT2D eigenvalue weighted by atomic mass is 9.98. The lowest BCUT2D eigenvalue weighted by Crippen LogP contribution is -2.39. The van der Waals surface area contributed by atoms with E-state index >= 15 is 0 Å². The zero-order valence-electron chi connectivity index (χ0n) is 15.5. The summed E-state index contributed by atoms with van der Waals surface area (Å²) in [6.45, 7) is 4.30. The molecular formula is C20H23N5O2. The number of aromatic nitrogens is 3. The molecule has 1 saturated heterocycles. The summed E-state index contributed by atoms with van der Waals surface area (Å²) in [5.41, 5.74) is 9.72. The van der Waals surface area contributed by atoms with Crippen molar-refractivity contribution in [3.63, 3.8) is 0 Å². The molecule has 1 amide bonds. The van der Waals surface area contributed by atoms with Crippen LogP contribution in [0.5, 0.6) is 0 Å². The summed E-state index contributed by atoms with van der Waals surface area (Å²) in [7, 11) is 0. The Balaban J connectivity index is 1.76. The minimum Gasteiger partial charge on any atom is -0.398 e. The summed E-state index contributed by atoms with van der Waals surface area (Å²) in [6, 6.07) is 8.83. The van der Waals surface area contributed by atoms with Crippen LogP contribution in [0.15, 0.2) is 35.1 Å². The fourth-order valence-electron chi connectivity index (χ4n) is 3.74. The second-order valence-electron chi connectivity index (χ2n) is 7.14. The van der Waals surface area contributed by atoms with Crippen molar-refractivity contribution in [2.45, 2.75) is 39.2 Å². The van der Waals surface area contributed by atoms with Gasteiger partial charge in [-0.05, 0) is 45.2 Å². The summed E-state index contributed by atoms with van der Waals surface area (Å²) in [6.07, 6.45) is 2.77. The van der Waals surface area contributed by atoms with Crippen molar-refractivity contribution in [2.24, 2.45) is 0 Å². The van der Waals surface area contributed by atoms with Crippen molar-refractivity contribution in [1.82, 2.24) is 19.5 Å². The average Bonchev–Trinajstić information content (AvgIpc) is 3.10. The van der Waals surface area contributed by atoms with Crippen LogP contribution in [-0.2, 0) is 0 Å². The largest absolute Gasteiger partial charge is 0.398 e. The number of carbonyl (C=O) groups excluding carboxylic acids is 1. The summed E-state index contributed by atoms with van der Waals surface area (Å²) in [5, 5.41) is 4.53. The van der Waals surface area contributed by atoms with Gasteiger partial charge >= 0.3 is 0 Å². The first-order valence-corrected chi connectivity index (χ1v) is 9.22. The molecule has 0 unspecified atom stereocenters. The molecule has 140 valence electrons. The van der Waals surface area contributed by atoms with Gasteiger partial charge in [0.2, 0.25) is 0 Å². The van der Waals surface area contributed by atoms with E-state index in [9.17, 15) is 9.59 Å². The van der Waals surface area contributed by atoms with Gasteiger partial charge < -0.3 is 15.6 Å². The van der Waals surface area contributed by atoms with Gasteiger partial charge in [0.15, 0.2) is 0 Å². The molecule has 1 fully saturated rings. The van der Waals surface area contributed by atoms with Gasteiger partial charge in [-0.3, -0.25) is 9.59 Å². The van der Waals surface area contributed by atoms with E-state index in [-0.39, 0.29) is 17.5 Å². The van der Waals surface area contributed by atoms with Crippen LogP contribution in [0.4, 0.5) is 5.69 Å². The third kappa shape index (κ3) is 2.89. The topological polar surface area (TPSA) is 96.5 Å². The number of aryl methyl sites for hydroxylation is 1. The van der Waals surface area contributed by atoms with E-state index in [1.54, 1.807) is 19.1 Å². The van der Waals surface area contributed by atoms with Crippen LogP contribution in [0.2, 0.25) is 0 Å². The Morgan fingerprint density at radius 3 is 2.81 bits per heavy atom. The van der Waals surface area contributed by atoms with Crippen molar-refractivity contribution >= 4 is 17.2 Å². The van der Waals surface area contributed by atoms with Gasteiger partial charge in [0.25, 0.3) is 11.5 Å². The molecule has 7 heteroatoms. The monoisotopic (exact) mass is 365 g/mol.